The fourth-order valence-electron chi connectivity index (χ4n) is 5.30. The summed E-state index contributed by atoms with van der Waals surface area (Å²) in [6, 6.07) is 0. The van der Waals surface area contributed by atoms with Gasteiger partial charge in [0.25, 0.3) is 0 Å². The van der Waals surface area contributed by atoms with E-state index in [0.29, 0.717) is 12.8 Å². The molecule has 5 heteroatoms. The Morgan fingerprint density at radius 2 is 0.463 bits per heavy atom. The number of aliphatic carboxylic acids is 2. The number of hydrogen-bond acceptors (Lipinski definition) is 2. The topological polar surface area (TPSA) is 74.6 Å². The molecule has 4 nitrogen and oxygen atoms in total. The summed E-state index contributed by atoms with van der Waals surface area (Å²) < 4.78 is 0. The molecule has 0 amide bonds. The molecule has 2 radical (unpaired) electrons. The van der Waals surface area contributed by atoms with Crippen molar-refractivity contribution in [1.82, 2.24) is 0 Å². The largest absolute Gasteiger partial charge is 0.481 e. The van der Waals surface area contributed by atoms with Crippen LogP contribution >= 0.6 is 0 Å². The molecule has 0 aliphatic rings. The van der Waals surface area contributed by atoms with Crippen LogP contribution in [0.2, 0.25) is 0 Å². The Balaban J connectivity index is -0.000000688. The van der Waals surface area contributed by atoms with Gasteiger partial charge in [0, 0.05) is 61.7 Å². The van der Waals surface area contributed by atoms with Crippen molar-refractivity contribution in [3.8, 4) is 0 Å². The van der Waals surface area contributed by atoms with Gasteiger partial charge >= 0.3 is 11.9 Å². The van der Waals surface area contributed by atoms with Crippen molar-refractivity contribution in [1.29, 1.82) is 0 Å². The minimum absolute atomic E-state index is 0. The fourth-order valence-corrected chi connectivity index (χ4v) is 5.30. The number of carboxylic acid groups (broad SMARTS) is 2. The molecule has 0 bridgehead atoms. The normalized spacial score (nSPS) is 10.6. The zero-order chi connectivity index (χ0) is 29.8. The van der Waals surface area contributed by atoms with Crippen LogP contribution in [-0.2, 0) is 9.59 Å². The third kappa shape index (κ3) is 50.4. The Morgan fingerprint density at radius 1 is 0.317 bits per heavy atom. The van der Waals surface area contributed by atoms with Crippen LogP contribution in [0.25, 0.3) is 0 Å². The second-order valence-electron chi connectivity index (χ2n) is 12.2. The van der Waals surface area contributed by atoms with Crippen LogP contribution in [0.15, 0.2) is 0 Å². The standard InChI is InChI=1S/2C18H36O2.Ba/c2*1-2-3-4-5-6-7-8-9-10-11-12-13-14-15-16-17-18(19)20;/h2*2-17H2,1H3,(H,19,20);. The maximum atomic E-state index is 10.3. The summed E-state index contributed by atoms with van der Waals surface area (Å²) in [5.74, 6) is -1.31. The Kier molecular flexibility index (Phi) is 47.8. The molecule has 0 saturated heterocycles. The average molecular weight is 706 g/mol. The molecule has 2 N–H and O–H groups in total. The third-order valence-electron chi connectivity index (χ3n) is 7.99. The summed E-state index contributed by atoms with van der Waals surface area (Å²) in [6.45, 7) is 4.54. The van der Waals surface area contributed by atoms with E-state index in [1.807, 2.05) is 0 Å². The number of hydrogen-bond donors (Lipinski definition) is 2. The van der Waals surface area contributed by atoms with Crippen LogP contribution in [0.4, 0.5) is 0 Å². The molecule has 41 heavy (non-hydrogen) atoms. The molecule has 0 saturated carbocycles. The van der Waals surface area contributed by atoms with E-state index < -0.39 is 11.9 Å². The van der Waals surface area contributed by atoms with E-state index in [0.717, 1.165) is 25.7 Å². The number of rotatable bonds is 32. The predicted octanol–water partition coefficient (Wildman–Crippen LogP) is 12.3. The van der Waals surface area contributed by atoms with Crippen molar-refractivity contribution < 1.29 is 19.8 Å². The van der Waals surface area contributed by atoms with Crippen molar-refractivity contribution in [2.45, 2.75) is 219 Å². The second kappa shape index (κ2) is 42.6. The van der Waals surface area contributed by atoms with E-state index >= 15 is 0 Å². The first-order valence-corrected chi connectivity index (χ1v) is 18.0. The van der Waals surface area contributed by atoms with Crippen molar-refractivity contribution in [2.75, 3.05) is 0 Å². The molecule has 242 valence electrons. The quantitative estimate of drug-likeness (QED) is 0.0540. The SMILES string of the molecule is CCCCCCCCCCCCCCCCCC(=O)O.CCCCCCCCCCCCCCCCCC(=O)O.[Ba]. The average Bonchev–Trinajstić information content (AvgIpc) is 2.93. The minimum atomic E-state index is -0.653. The van der Waals surface area contributed by atoms with Crippen LogP contribution in [0.1, 0.15) is 219 Å². The van der Waals surface area contributed by atoms with Crippen molar-refractivity contribution >= 4 is 60.8 Å². The van der Waals surface area contributed by atoms with Gasteiger partial charge in [0.1, 0.15) is 0 Å². The molecular formula is C36H72BaO4. The molecule has 0 atom stereocenters. The van der Waals surface area contributed by atoms with Gasteiger partial charge in [-0.05, 0) is 12.8 Å². The molecule has 0 heterocycles. The van der Waals surface area contributed by atoms with Gasteiger partial charge in [-0.3, -0.25) is 9.59 Å². The van der Waals surface area contributed by atoms with Crippen LogP contribution < -0.4 is 0 Å². The smallest absolute Gasteiger partial charge is 0.303 e. The summed E-state index contributed by atoms with van der Waals surface area (Å²) in [7, 11) is 0. The summed E-state index contributed by atoms with van der Waals surface area (Å²) in [6.07, 6.45) is 40.4. The second-order valence-corrected chi connectivity index (χ2v) is 12.2. The molecular weight excluding hydrogens is 634 g/mol. The van der Waals surface area contributed by atoms with E-state index in [9.17, 15) is 9.59 Å². The Bertz CT molecular complexity index is 454. The minimum Gasteiger partial charge on any atom is -0.481 e. The first kappa shape index (κ1) is 45.9. The summed E-state index contributed by atoms with van der Waals surface area (Å²) in [5, 5.41) is 17.0. The van der Waals surface area contributed by atoms with Gasteiger partial charge in [-0.1, -0.05) is 194 Å². The van der Waals surface area contributed by atoms with Crippen molar-refractivity contribution in [2.24, 2.45) is 0 Å². The maximum Gasteiger partial charge on any atom is 0.303 e. The van der Waals surface area contributed by atoms with Crippen molar-refractivity contribution in [3.05, 3.63) is 0 Å². The first-order chi connectivity index (χ1) is 19.5. The zero-order valence-corrected chi connectivity index (χ0v) is 32.5. The zero-order valence-electron chi connectivity index (χ0n) is 28.0. The van der Waals surface area contributed by atoms with Gasteiger partial charge in [-0.25, -0.2) is 0 Å². The summed E-state index contributed by atoms with van der Waals surface area (Å²) in [5.41, 5.74) is 0. The van der Waals surface area contributed by atoms with Gasteiger partial charge in [-0.2, -0.15) is 0 Å². The van der Waals surface area contributed by atoms with Crippen molar-refractivity contribution in [3.63, 3.8) is 0 Å². The Morgan fingerprint density at radius 3 is 0.610 bits per heavy atom. The fraction of sp³-hybridized carbons (Fsp3) is 0.944. The van der Waals surface area contributed by atoms with E-state index in [-0.39, 0.29) is 48.9 Å². The molecule has 0 fully saturated rings. The van der Waals surface area contributed by atoms with E-state index in [2.05, 4.69) is 13.8 Å². The molecule has 0 aromatic rings. The van der Waals surface area contributed by atoms with Gasteiger partial charge in [-0.15, -0.1) is 0 Å². The monoisotopic (exact) mass is 706 g/mol. The molecule has 0 spiro atoms. The van der Waals surface area contributed by atoms with Crippen LogP contribution in [-0.4, -0.2) is 71.0 Å². The van der Waals surface area contributed by atoms with Gasteiger partial charge < -0.3 is 10.2 Å². The Labute approximate surface area is 297 Å². The molecule has 0 aliphatic heterocycles. The summed E-state index contributed by atoms with van der Waals surface area (Å²) in [4.78, 5) is 20.7. The van der Waals surface area contributed by atoms with Gasteiger partial charge in [0.15, 0.2) is 0 Å². The van der Waals surface area contributed by atoms with E-state index in [1.165, 1.54) is 167 Å². The first-order valence-electron chi connectivity index (χ1n) is 18.0. The van der Waals surface area contributed by atoms with Gasteiger partial charge in [0.2, 0.25) is 0 Å². The van der Waals surface area contributed by atoms with Crippen LogP contribution in [0.3, 0.4) is 0 Å². The number of carbonyl (C=O) groups is 2. The number of carboxylic acids is 2. The molecule has 0 unspecified atom stereocenters. The molecule has 0 rings (SSSR count). The molecule has 0 aromatic carbocycles. The Hall–Kier alpha value is 0.511. The third-order valence-corrected chi connectivity index (χ3v) is 7.99. The van der Waals surface area contributed by atoms with Crippen LogP contribution in [0, 0.1) is 0 Å². The number of unbranched alkanes of at least 4 members (excludes halogenated alkanes) is 28. The summed E-state index contributed by atoms with van der Waals surface area (Å²) >= 11 is 0. The maximum absolute atomic E-state index is 10.3. The molecule has 0 aromatic heterocycles. The van der Waals surface area contributed by atoms with Gasteiger partial charge in [0.05, 0.1) is 0 Å². The molecule has 0 aliphatic carbocycles. The van der Waals surface area contributed by atoms with E-state index in [1.54, 1.807) is 0 Å². The van der Waals surface area contributed by atoms with Crippen LogP contribution in [0.5, 0.6) is 0 Å². The van der Waals surface area contributed by atoms with E-state index in [4.69, 9.17) is 10.2 Å². The predicted molar refractivity (Wildman–Crippen MR) is 180 cm³/mol.